The second kappa shape index (κ2) is 5.86. The average molecular weight is 272 g/mol. The SMILES string of the molecule is CCCNc1ccc(C(=O)N(CC2CC2)C2CC2)cc1. The van der Waals surface area contributed by atoms with Crippen LogP contribution in [-0.4, -0.2) is 29.9 Å². The minimum Gasteiger partial charge on any atom is -0.385 e. The number of hydrogen-bond donors (Lipinski definition) is 1. The minimum absolute atomic E-state index is 0.224. The molecule has 3 nitrogen and oxygen atoms in total. The summed E-state index contributed by atoms with van der Waals surface area (Å²) in [6.07, 6.45) is 6.09. The maximum Gasteiger partial charge on any atom is 0.254 e. The van der Waals surface area contributed by atoms with Crippen molar-refractivity contribution >= 4 is 11.6 Å². The zero-order valence-electron chi connectivity index (χ0n) is 12.3. The fourth-order valence-electron chi connectivity index (χ4n) is 2.53. The number of benzene rings is 1. The van der Waals surface area contributed by atoms with E-state index in [2.05, 4.69) is 17.1 Å². The molecular weight excluding hydrogens is 248 g/mol. The molecule has 0 saturated heterocycles. The van der Waals surface area contributed by atoms with Crippen molar-refractivity contribution in [1.82, 2.24) is 4.90 Å². The highest BCUT2D eigenvalue weighted by Crippen LogP contribution is 2.35. The van der Waals surface area contributed by atoms with Crippen LogP contribution in [0.3, 0.4) is 0 Å². The van der Waals surface area contributed by atoms with Crippen LogP contribution in [0.5, 0.6) is 0 Å². The van der Waals surface area contributed by atoms with E-state index in [9.17, 15) is 4.79 Å². The molecule has 0 bridgehead atoms. The number of carbonyl (C=O) groups is 1. The first-order valence-corrected chi connectivity index (χ1v) is 7.93. The minimum atomic E-state index is 0.224. The van der Waals surface area contributed by atoms with Crippen LogP contribution < -0.4 is 5.32 Å². The van der Waals surface area contributed by atoms with Crippen molar-refractivity contribution in [2.45, 2.75) is 45.1 Å². The van der Waals surface area contributed by atoms with Gasteiger partial charge in [0.05, 0.1) is 0 Å². The lowest BCUT2D eigenvalue weighted by atomic mass is 10.1. The first-order chi connectivity index (χ1) is 9.78. The van der Waals surface area contributed by atoms with Gasteiger partial charge in [0.15, 0.2) is 0 Å². The van der Waals surface area contributed by atoms with E-state index in [1.165, 1.54) is 25.7 Å². The molecule has 0 aromatic heterocycles. The van der Waals surface area contributed by atoms with Crippen LogP contribution in [0.15, 0.2) is 24.3 Å². The first kappa shape index (κ1) is 13.5. The summed E-state index contributed by atoms with van der Waals surface area (Å²) in [6, 6.07) is 8.47. The standard InChI is InChI=1S/C17H24N2O/c1-2-11-18-15-7-5-14(6-8-15)17(20)19(16-9-10-16)12-13-3-4-13/h5-8,13,16,18H,2-4,9-12H2,1H3. The van der Waals surface area contributed by atoms with Gasteiger partial charge in [-0.05, 0) is 62.3 Å². The van der Waals surface area contributed by atoms with Crippen molar-refractivity contribution in [2.24, 2.45) is 5.92 Å². The van der Waals surface area contributed by atoms with Crippen LogP contribution in [0.25, 0.3) is 0 Å². The third-order valence-electron chi connectivity index (χ3n) is 4.11. The van der Waals surface area contributed by atoms with E-state index in [0.717, 1.165) is 36.7 Å². The van der Waals surface area contributed by atoms with Gasteiger partial charge in [-0.3, -0.25) is 4.79 Å². The highest BCUT2D eigenvalue weighted by Gasteiger charge is 2.36. The normalized spacial score (nSPS) is 17.9. The van der Waals surface area contributed by atoms with Crippen LogP contribution >= 0.6 is 0 Å². The Morgan fingerprint density at radius 2 is 1.90 bits per heavy atom. The maximum absolute atomic E-state index is 12.6. The van der Waals surface area contributed by atoms with E-state index in [1.54, 1.807) is 0 Å². The fraction of sp³-hybridized carbons (Fsp3) is 0.588. The summed E-state index contributed by atoms with van der Waals surface area (Å²) < 4.78 is 0. The van der Waals surface area contributed by atoms with Crippen molar-refractivity contribution in [2.75, 3.05) is 18.4 Å². The molecule has 2 aliphatic rings. The first-order valence-electron chi connectivity index (χ1n) is 7.93. The zero-order chi connectivity index (χ0) is 13.9. The summed E-state index contributed by atoms with van der Waals surface area (Å²) >= 11 is 0. The molecule has 0 radical (unpaired) electrons. The maximum atomic E-state index is 12.6. The molecule has 108 valence electrons. The molecule has 1 aromatic rings. The Hall–Kier alpha value is -1.51. The molecule has 3 heteroatoms. The molecule has 2 aliphatic carbocycles. The third-order valence-corrected chi connectivity index (χ3v) is 4.11. The van der Waals surface area contributed by atoms with Crippen molar-refractivity contribution in [3.05, 3.63) is 29.8 Å². The number of carbonyl (C=O) groups excluding carboxylic acids is 1. The lowest BCUT2D eigenvalue weighted by molar-refractivity contribution is 0.0735. The number of hydrogen-bond acceptors (Lipinski definition) is 2. The van der Waals surface area contributed by atoms with Crippen LogP contribution in [0, 0.1) is 5.92 Å². The summed E-state index contributed by atoms with van der Waals surface area (Å²) in [6.45, 7) is 4.10. The van der Waals surface area contributed by atoms with Gasteiger partial charge in [-0.25, -0.2) is 0 Å². The molecule has 2 saturated carbocycles. The molecule has 1 amide bonds. The van der Waals surface area contributed by atoms with Gasteiger partial charge in [0.25, 0.3) is 5.91 Å². The van der Waals surface area contributed by atoms with E-state index in [1.807, 2.05) is 24.3 Å². The number of nitrogens with zero attached hydrogens (tertiary/aromatic N) is 1. The van der Waals surface area contributed by atoms with Crippen molar-refractivity contribution in [1.29, 1.82) is 0 Å². The molecule has 20 heavy (non-hydrogen) atoms. The Labute approximate surface area is 121 Å². The third kappa shape index (κ3) is 3.33. The van der Waals surface area contributed by atoms with E-state index < -0.39 is 0 Å². The van der Waals surface area contributed by atoms with Crippen molar-refractivity contribution in [3.63, 3.8) is 0 Å². The topological polar surface area (TPSA) is 32.3 Å². The smallest absolute Gasteiger partial charge is 0.254 e. The Balaban J connectivity index is 1.65. The summed E-state index contributed by atoms with van der Waals surface area (Å²) in [5.41, 5.74) is 1.93. The molecule has 1 aromatic carbocycles. The molecule has 3 rings (SSSR count). The van der Waals surface area contributed by atoms with E-state index in [-0.39, 0.29) is 5.91 Å². The Kier molecular flexibility index (Phi) is 3.95. The van der Waals surface area contributed by atoms with Gasteiger partial charge >= 0.3 is 0 Å². The molecule has 2 fully saturated rings. The molecule has 0 heterocycles. The van der Waals surface area contributed by atoms with Gasteiger partial charge < -0.3 is 10.2 Å². The van der Waals surface area contributed by atoms with Crippen molar-refractivity contribution < 1.29 is 4.79 Å². The number of anilines is 1. The van der Waals surface area contributed by atoms with Gasteiger partial charge in [0, 0.05) is 30.4 Å². The van der Waals surface area contributed by atoms with Gasteiger partial charge in [0.1, 0.15) is 0 Å². The van der Waals surface area contributed by atoms with Crippen LogP contribution in [0.1, 0.15) is 49.4 Å². The van der Waals surface area contributed by atoms with Gasteiger partial charge in [-0.1, -0.05) is 6.92 Å². The predicted molar refractivity (Wildman–Crippen MR) is 82.0 cm³/mol. The number of nitrogens with one attached hydrogen (secondary N) is 1. The zero-order valence-corrected chi connectivity index (χ0v) is 12.3. The number of rotatable bonds is 7. The van der Waals surface area contributed by atoms with Crippen LogP contribution in [-0.2, 0) is 0 Å². The van der Waals surface area contributed by atoms with Crippen molar-refractivity contribution in [3.8, 4) is 0 Å². The summed E-state index contributed by atoms with van der Waals surface area (Å²) in [5.74, 6) is 0.992. The molecule has 0 atom stereocenters. The highest BCUT2D eigenvalue weighted by molar-refractivity contribution is 5.95. The molecular formula is C17H24N2O. The monoisotopic (exact) mass is 272 g/mol. The highest BCUT2D eigenvalue weighted by atomic mass is 16.2. The van der Waals surface area contributed by atoms with E-state index in [4.69, 9.17) is 0 Å². The van der Waals surface area contributed by atoms with E-state index in [0.29, 0.717) is 6.04 Å². The average Bonchev–Trinajstić information content (AvgIpc) is 3.36. The second-order valence-corrected chi connectivity index (χ2v) is 6.14. The Morgan fingerprint density at radius 1 is 1.20 bits per heavy atom. The molecule has 0 spiro atoms. The van der Waals surface area contributed by atoms with Gasteiger partial charge in [-0.15, -0.1) is 0 Å². The van der Waals surface area contributed by atoms with E-state index >= 15 is 0 Å². The quantitative estimate of drug-likeness (QED) is 0.823. The summed E-state index contributed by atoms with van der Waals surface area (Å²) in [5, 5.41) is 3.34. The Morgan fingerprint density at radius 3 is 2.45 bits per heavy atom. The van der Waals surface area contributed by atoms with Gasteiger partial charge in [-0.2, -0.15) is 0 Å². The number of amides is 1. The van der Waals surface area contributed by atoms with Crippen LogP contribution in [0.2, 0.25) is 0 Å². The molecule has 0 aliphatic heterocycles. The lowest BCUT2D eigenvalue weighted by Gasteiger charge is -2.22. The second-order valence-electron chi connectivity index (χ2n) is 6.14. The van der Waals surface area contributed by atoms with Crippen LogP contribution in [0.4, 0.5) is 5.69 Å². The lowest BCUT2D eigenvalue weighted by Crippen LogP contribution is -2.34. The Bertz CT molecular complexity index is 460. The summed E-state index contributed by atoms with van der Waals surface area (Å²) in [4.78, 5) is 14.7. The largest absolute Gasteiger partial charge is 0.385 e. The fourth-order valence-corrected chi connectivity index (χ4v) is 2.53. The molecule has 0 unspecified atom stereocenters. The predicted octanol–water partition coefficient (Wildman–Crippen LogP) is 3.52. The van der Waals surface area contributed by atoms with Gasteiger partial charge in [0.2, 0.25) is 0 Å². The molecule has 1 N–H and O–H groups in total. The summed E-state index contributed by atoms with van der Waals surface area (Å²) in [7, 11) is 0.